The summed E-state index contributed by atoms with van der Waals surface area (Å²) >= 11 is 0. The van der Waals surface area contributed by atoms with E-state index in [0.717, 1.165) is 0 Å². The Hall–Kier alpha value is -1.89. The Balaban J connectivity index is 2.58. The maximum Gasteiger partial charge on any atom is 0.305 e. The SMILES string of the molecule is C=CCNC(=O)CN1CCNC(=O)C1CC(=O)O. The summed E-state index contributed by atoms with van der Waals surface area (Å²) in [5.41, 5.74) is 0. The predicted octanol–water partition coefficient (Wildman–Crippen LogP) is -1.44. The van der Waals surface area contributed by atoms with Gasteiger partial charge in [0.05, 0.1) is 13.0 Å². The van der Waals surface area contributed by atoms with E-state index in [2.05, 4.69) is 17.2 Å². The molecule has 1 fully saturated rings. The lowest BCUT2D eigenvalue weighted by molar-refractivity contribution is -0.144. The molecule has 1 saturated heterocycles. The van der Waals surface area contributed by atoms with E-state index < -0.39 is 12.0 Å². The summed E-state index contributed by atoms with van der Waals surface area (Å²) in [6.07, 6.45) is 1.25. The van der Waals surface area contributed by atoms with E-state index in [-0.39, 0.29) is 24.8 Å². The first kappa shape index (κ1) is 14.2. The summed E-state index contributed by atoms with van der Waals surface area (Å²) in [6.45, 7) is 4.72. The first-order valence-corrected chi connectivity index (χ1v) is 5.65. The molecule has 1 aliphatic heterocycles. The third-order valence-electron chi connectivity index (χ3n) is 2.60. The maximum absolute atomic E-state index is 11.6. The van der Waals surface area contributed by atoms with Gasteiger partial charge in [0.15, 0.2) is 0 Å². The Morgan fingerprint density at radius 3 is 2.94 bits per heavy atom. The highest BCUT2D eigenvalue weighted by atomic mass is 16.4. The number of carbonyl (C=O) groups excluding carboxylic acids is 2. The fourth-order valence-electron chi connectivity index (χ4n) is 1.76. The van der Waals surface area contributed by atoms with E-state index in [0.29, 0.717) is 19.6 Å². The van der Waals surface area contributed by atoms with Crippen LogP contribution in [0.15, 0.2) is 12.7 Å². The smallest absolute Gasteiger partial charge is 0.305 e. The molecule has 0 aromatic carbocycles. The van der Waals surface area contributed by atoms with Crippen molar-refractivity contribution in [3.05, 3.63) is 12.7 Å². The molecule has 0 aromatic heterocycles. The molecule has 0 saturated carbocycles. The second-order valence-electron chi connectivity index (χ2n) is 3.97. The van der Waals surface area contributed by atoms with Crippen molar-refractivity contribution in [3.8, 4) is 0 Å². The Morgan fingerprint density at radius 1 is 1.61 bits per heavy atom. The van der Waals surface area contributed by atoms with Gasteiger partial charge in [0.25, 0.3) is 0 Å². The zero-order valence-electron chi connectivity index (χ0n) is 10.0. The lowest BCUT2D eigenvalue weighted by atomic mass is 10.1. The summed E-state index contributed by atoms with van der Waals surface area (Å²) in [5.74, 6) is -1.66. The summed E-state index contributed by atoms with van der Waals surface area (Å²) in [7, 11) is 0. The maximum atomic E-state index is 11.6. The van der Waals surface area contributed by atoms with Crippen LogP contribution in [-0.4, -0.2) is 60.0 Å². The molecule has 2 amide bonds. The van der Waals surface area contributed by atoms with E-state index in [9.17, 15) is 14.4 Å². The molecular formula is C11H17N3O4. The second-order valence-corrected chi connectivity index (χ2v) is 3.97. The lowest BCUT2D eigenvalue weighted by Crippen LogP contribution is -2.57. The predicted molar refractivity (Wildman–Crippen MR) is 63.8 cm³/mol. The number of carboxylic acid groups (broad SMARTS) is 1. The molecule has 0 aliphatic carbocycles. The fourth-order valence-corrected chi connectivity index (χ4v) is 1.76. The number of hydrogen-bond acceptors (Lipinski definition) is 4. The fraction of sp³-hybridized carbons (Fsp3) is 0.545. The van der Waals surface area contributed by atoms with Crippen molar-refractivity contribution in [1.82, 2.24) is 15.5 Å². The summed E-state index contributed by atoms with van der Waals surface area (Å²) in [6, 6.07) is -0.786. The molecule has 100 valence electrons. The highest BCUT2D eigenvalue weighted by Crippen LogP contribution is 2.08. The minimum absolute atomic E-state index is 0.0131. The Labute approximate surface area is 105 Å². The van der Waals surface area contributed by atoms with Crippen LogP contribution in [0, 0.1) is 0 Å². The molecule has 0 spiro atoms. The number of rotatable bonds is 6. The van der Waals surface area contributed by atoms with Crippen molar-refractivity contribution in [2.24, 2.45) is 0 Å². The van der Waals surface area contributed by atoms with E-state index in [1.54, 1.807) is 11.0 Å². The van der Waals surface area contributed by atoms with Crippen LogP contribution >= 0.6 is 0 Å². The molecule has 0 bridgehead atoms. The van der Waals surface area contributed by atoms with Crippen molar-refractivity contribution >= 4 is 17.8 Å². The first-order chi connectivity index (χ1) is 8.54. The van der Waals surface area contributed by atoms with Crippen molar-refractivity contribution < 1.29 is 19.5 Å². The van der Waals surface area contributed by atoms with Crippen molar-refractivity contribution in [2.45, 2.75) is 12.5 Å². The van der Waals surface area contributed by atoms with Gasteiger partial charge in [0.1, 0.15) is 6.04 Å². The molecule has 1 atom stereocenters. The second kappa shape index (κ2) is 6.75. The number of nitrogens with zero attached hydrogens (tertiary/aromatic N) is 1. The Morgan fingerprint density at radius 2 is 2.33 bits per heavy atom. The number of aliphatic carboxylic acids is 1. The van der Waals surface area contributed by atoms with Crippen molar-refractivity contribution in [2.75, 3.05) is 26.2 Å². The zero-order valence-corrected chi connectivity index (χ0v) is 10.0. The minimum Gasteiger partial charge on any atom is -0.481 e. The van der Waals surface area contributed by atoms with Crippen LogP contribution in [0.2, 0.25) is 0 Å². The molecule has 3 N–H and O–H groups in total. The van der Waals surface area contributed by atoms with Crippen LogP contribution in [0.4, 0.5) is 0 Å². The molecule has 7 nitrogen and oxygen atoms in total. The van der Waals surface area contributed by atoms with Crippen LogP contribution in [0.3, 0.4) is 0 Å². The van der Waals surface area contributed by atoms with Crippen LogP contribution in [0.25, 0.3) is 0 Å². The van der Waals surface area contributed by atoms with Gasteiger partial charge in [-0.2, -0.15) is 0 Å². The largest absolute Gasteiger partial charge is 0.481 e. The number of amides is 2. The van der Waals surface area contributed by atoms with E-state index in [4.69, 9.17) is 5.11 Å². The molecule has 1 rings (SSSR count). The third-order valence-corrected chi connectivity index (χ3v) is 2.60. The van der Waals surface area contributed by atoms with Gasteiger partial charge in [-0.05, 0) is 0 Å². The van der Waals surface area contributed by atoms with Gasteiger partial charge in [-0.1, -0.05) is 6.08 Å². The number of nitrogens with one attached hydrogen (secondary N) is 2. The molecule has 0 aromatic rings. The monoisotopic (exact) mass is 255 g/mol. The highest BCUT2D eigenvalue weighted by molar-refractivity contribution is 5.87. The van der Waals surface area contributed by atoms with E-state index >= 15 is 0 Å². The molecule has 7 heteroatoms. The third kappa shape index (κ3) is 4.17. The van der Waals surface area contributed by atoms with Crippen molar-refractivity contribution in [3.63, 3.8) is 0 Å². The number of carbonyl (C=O) groups is 3. The standard InChI is InChI=1S/C11H17N3O4/c1-2-3-12-9(15)7-14-5-4-13-11(18)8(14)6-10(16)17/h2,8H,1,3-7H2,(H,12,15)(H,13,18)(H,16,17). The molecule has 1 aliphatic rings. The normalized spacial score (nSPS) is 20.0. The summed E-state index contributed by atoms with van der Waals surface area (Å²) in [4.78, 5) is 35.4. The quantitative estimate of drug-likeness (QED) is 0.505. The average molecular weight is 255 g/mol. The molecule has 1 heterocycles. The average Bonchev–Trinajstić information content (AvgIpc) is 2.30. The van der Waals surface area contributed by atoms with Crippen molar-refractivity contribution in [1.29, 1.82) is 0 Å². The van der Waals surface area contributed by atoms with Gasteiger partial charge < -0.3 is 15.7 Å². The summed E-state index contributed by atoms with van der Waals surface area (Å²) in [5, 5.41) is 13.9. The Kier molecular flexibility index (Phi) is 5.31. The van der Waals surface area contributed by atoms with Gasteiger partial charge in [0.2, 0.25) is 11.8 Å². The van der Waals surface area contributed by atoms with Gasteiger partial charge in [-0.15, -0.1) is 6.58 Å². The highest BCUT2D eigenvalue weighted by Gasteiger charge is 2.32. The van der Waals surface area contributed by atoms with Crippen LogP contribution < -0.4 is 10.6 Å². The van der Waals surface area contributed by atoms with Gasteiger partial charge >= 0.3 is 5.97 Å². The van der Waals surface area contributed by atoms with Gasteiger partial charge in [0, 0.05) is 19.6 Å². The number of carboxylic acids is 1. The van der Waals surface area contributed by atoms with Crippen LogP contribution in [0.1, 0.15) is 6.42 Å². The van der Waals surface area contributed by atoms with Gasteiger partial charge in [-0.3, -0.25) is 19.3 Å². The minimum atomic E-state index is -1.06. The lowest BCUT2D eigenvalue weighted by Gasteiger charge is -2.33. The molecular weight excluding hydrogens is 238 g/mol. The van der Waals surface area contributed by atoms with Crippen LogP contribution in [-0.2, 0) is 14.4 Å². The molecule has 1 unspecified atom stereocenters. The molecule has 0 radical (unpaired) electrons. The van der Waals surface area contributed by atoms with E-state index in [1.165, 1.54) is 0 Å². The number of piperazine rings is 1. The van der Waals surface area contributed by atoms with Crippen LogP contribution in [0.5, 0.6) is 0 Å². The first-order valence-electron chi connectivity index (χ1n) is 5.65. The zero-order chi connectivity index (χ0) is 13.5. The number of hydrogen-bond donors (Lipinski definition) is 3. The topological polar surface area (TPSA) is 98.7 Å². The summed E-state index contributed by atoms with van der Waals surface area (Å²) < 4.78 is 0. The Bertz CT molecular complexity index is 356. The molecule has 18 heavy (non-hydrogen) atoms. The van der Waals surface area contributed by atoms with E-state index in [1.807, 2.05) is 0 Å². The van der Waals surface area contributed by atoms with Gasteiger partial charge in [-0.25, -0.2) is 0 Å².